The average Bonchev–Trinajstić information content (AvgIpc) is 2.62. The molecule has 0 unspecified atom stereocenters. The van der Waals surface area contributed by atoms with Crippen LogP contribution < -0.4 is 0 Å². The summed E-state index contributed by atoms with van der Waals surface area (Å²) in [6, 6.07) is 0. The standard InChI is InChI=1S/C14H20S.3C2H6.CH4O/c1-7-9-10-14(8-2)13(6)15-12(5)11(3)4;4*1-2/h7-10H,1,6H2,2-5H3;3*1-2H3;2H,1H3/b10-9-,14-8+;;;;. The van der Waals surface area contributed by atoms with E-state index in [1.54, 1.807) is 17.8 Å². The molecule has 138 valence electrons. The van der Waals surface area contributed by atoms with E-state index < -0.39 is 0 Å². The van der Waals surface area contributed by atoms with Gasteiger partial charge in [-0.15, -0.1) is 0 Å². The summed E-state index contributed by atoms with van der Waals surface area (Å²) < 4.78 is 0. The van der Waals surface area contributed by atoms with Gasteiger partial charge in [0.25, 0.3) is 0 Å². The molecule has 0 aliphatic heterocycles. The van der Waals surface area contributed by atoms with Crippen molar-refractivity contribution in [3.63, 3.8) is 0 Å². The Labute approximate surface area is 152 Å². The second kappa shape index (κ2) is 32.8. The summed E-state index contributed by atoms with van der Waals surface area (Å²) in [5.74, 6) is 0. The molecule has 0 aliphatic rings. The van der Waals surface area contributed by atoms with Gasteiger partial charge in [-0.05, 0) is 38.2 Å². The van der Waals surface area contributed by atoms with Crippen molar-refractivity contribution >= 4 is 11.8 Å². The maximum atomic E-state index is 7.00. The third kappa shape index (κ3) is 26.2. The Kier molecular flexibility index (Phi) is 47.9. The largest absolute Gasteiger partial charge is 0.400 e. The molecule has 0 saturated carbocycles. The molecular weight excluding hydrogens is 300 g/mol. The summed E-state index contributed by atoms with van der Waals surface area (Å²) in [6.45, 7) is 28.1. The highest BCUT2D eigenvalue weighted by Gasteiger charge is 2.01. The summed E-state index contributed by atoms with van der Waals surface area (Å²) in [4.78, 5) is 2.39. The number of allylic oxidation sites excluding steroid dienone is 7. The van der Waals surface area contributed by atoms with Crippen molar-refractivity contribution in [2.45, 2.75) is 69.2 Å². The third-order valence-corrected chi connectivity index (χ3v) is 3.22. The number of aliphatic hydroxyl groups is 1. The van der Waals surface area contributed by atoms with Gasteiger partial charge in [-0.25, -0.2) is 0 Å². The summed E-state index contributed by atoms with van der Waals surface area (Å²) >= 11 is 1.72. The first-order chi connectivity index (χ1) is 11.0. The Bertz CT molecular complexity index is 330. The Morgan fingerprint density at radius 3 is 1.57 bits per heavy atom. The molecule has 0 amide bonds. The van der Waals surface area contributed by atoms with Crippen molar-refractivity contribution < 1.29 is 5.11 Å². The van der Waals surface area contributed by atoms with Crippen LogP contribution in [0, 0.1) is 0 Å². The summed E-state index contributed by atoms with van der Waals surface area (Å²) in [7, 11) is 1.00. The fourth-order valence-electron chi connectivity index (χ4n) is 0.868. The molecule has 0 aromatic rings. The minimum atomic E-state index is 1.00. The van der Waals surface area contributed by atoms with Crippen LogP contribution in [-0.4, -0.2) is 12.2 Å². The van der Waals surface area contributed by atoms with Crippen LogP contribution in [0.4, 0.5) is 0 Å². The fourth-order valence-corrected chi connectivity index (χ4v) is 1.75. The van der Waals surface area contributed by atoms with Gasteiger partial charge in [0.1, 0.15) is 0 Å². The second-order valence-electron chi connectivity index (χ2n) is 3.42. The van der Waals surface area contributed by atoms with Crippen molar-refractivity contribution in [3.05, 3.63) is 58.4 Å². The maximum absolute atomic E-state index is 7.00. The van der Waals surface area contributed by atoms with E-state index in [9.17, 15) is 0 Å². The van der Waals surface area contributed by atoms with Gasteiger partial charge in [0, 0.05) is 12.0 Å². The quantitative estimate of drug-likeness (QED) is 0.512. The summed E-state index contributed by atoms with van der Waals surface area (Å²) in [5.41, 5.74) is 2.49. The second-order valence-corrected chi connectivity index (χ2v) is 4.73. The average molecular weight is 343 g/mol. The molecule has 0 aromatic carbocycles. The van der Waals surface area contributed by atoms with Crippen LogP contribution in [-0.2, 0) is 0 Å². The highest BCUT2D eigenvalue weighted by Crippen LogP contribution is 2.31. The lowest BCUT2D eigenvalue weighted by atomic mass is 10.2. The first-order valence-electron chi connectivity index (χ1n) is 8.44. The monoisotopic (exact) mass is 342 g/mol. The predicted molar refractivity (Wildman–Crippen MR) is 116 cm³/mol. The van der Waals surface area contributed by atoms with Gasteiger partial charge in [0.2, 0.25) is 0 Å². The van der Waals surface area contributed by atoms with Crippen molar-refractivity contribution in [3.8, 4) is 0 Å². The Morgan fingerprint density at radius 1 is 0.913 bits per heavy atom. The van der Waals surface area contributed by atoms with Gasteiger partial charge in [-0.3, -0.25) is 0 Å². The molecule has 0 radical (unpaired) electrons. The van der Waals surface area contributed by atoms with Crippen molar-refractivity contribution in [2.24, 2.45) is 0 Å². The van der Waals surface area contributed by atoms with Crippen molar-refractivity contribution in [2.75, 3.05) is 7.11 Å². The van der Waals surface area contributed by atoms with E-state index in [0.29, 0.717) is 0 Å². The number of aliphatic hydroxyl groups excluding tert-OH is 1. The fraction of sp³-hybridized carbons (Fsp3) is 0.524. The van der Waals surface area contributed by atoms with Crippen LogP contribution in [0.15, 0.2) is 58.4 Å². The van der Waals surface area contributed by atoms with Crippen LogP contribution in [0.25, 0.3) is 0 Å². The molecule has 0 rings (SSSR count). The molecule has 0 bridgehead atoms. The SMILES string of the molecule is C=C/C=C\C(=C/C)C(=C)SC(C)=C(C)C.CC.CC.CC.CO. The third-order valence-electron chi connectivity index (χ3n) is 2.03. The Morgan fingerprint density at radius 2 is 1.30 bits per heavy atom. The highest BCUT2D eigenvalue weighted by atomic mass is 32.2. The molecule has 23 heavy (non-hydrogen) atoms. The molecule has 0 spiro atoms. The molecule has 1 nitrogen and oxygen atoms in total. The van der Waals surface area contributed by atoms with Crippen molar-refractivity contribution in [1.82, 2.24) is 0 Å². The predicted octanol–water partition coefficient (Wildman–Crippen LogP) is 7.92. The molecule has 0 saturated heterocycles. The molecule has 0 heterocycles. The summed E-state index contributed by atoms with van der Waals surface area (Å²) in [6.07, 6.45) is 7.79. The minimum absolute atomic E-state index is 1.00. The molecule has 1 N–H and O–H groups in total. The van der Waals surface area contributed by atoms with Crippen LogP contribution in [0.3, 0.4) is 0 Å². The van der Waals surface area contributed by atoms with Gasteiger partial charge in [-0.2, -0.15) is 0 Å². The van der Waals surface area contributed by atoms with E-state index >= 15 is 0 Å². The van der Waals surface area contributed by atoms with Gasteiger partial charge >= 0.3 is 0 Å². The molecule has 0 aliphatic carbocycles. The van der Waals surface area contributed by atoms with Gasteiger partial charge in [0.05, 0.1) is 0 Å². The van der Waals surface area contributed by atoms with E-state index in [1.807, 2.05) is 60.6 Å². The summed E-state index contributed by atoms with van der Waals surface area (Å²) in [5, 5.41) is 7.00. The first kappa shape index (κ1) is 33.6. The van der Waals surface area contributed by atoms with Crippen LogP contribution in [0.5, 0.6) is 0 Å². The van der Waals surface area contributed by atoms with Crippen molar-refractivity contribution in [1.29, 1.82) is 0 Å². The molecule has 0 aromatic heterocycles. The van der Waals surface area contributed by atoms with Gasteiger partial charge < -0.3 is 5.11 Å². The number of rotatable bonds is 5. The molecule has 2 heteroatoms. The minimum Gasteiger partial charge on any atom is -0.400 e. The number of hydrogen-bond acceptors (Lipinski definition) is 2. The Balaban J connectivity index is -0.000000116. The zero-order valence-corrected chi connectivity index (χ0v) is 18.4. The lowest BCUT2D eigenvalue weighted by molar-refractivity contribution is 0.399. The van der Waals surface area contributed by atoms with Crippen LogP contribution in [0.2, 0.25) is 0 Å². The van der Waals surface area contributed by atoms with E-state index in [-0.39, 0.29) is 0 Å². The zero-order chi connectivity index (χ0) is 19.8. The van der Waals surface area contributed by atoms with Crippen LogP contribution >= 0.6 is 11.8 Å². The lowest BCUT2D eigenvalue weighted by Gasteiger charge is -2.07. The van der Waals surface area contributed by atoms with E-state index in [2.05, 4.69) is 40.0 Å². The maximum Gasteiger partial charge on any atom is 0.0319 e. The normalized spacial score (nSPS) is 8.61. The molecule has 0 fully saturated rings. The highest BCUT2D eigenvalue weighted by molar-refractivity contribution is 8.06. The molecular formula is C21H42OS. The van der Waals surface area contributed by atoms with E-state index in [1.165, 1.54) is 10.5 Å². The van der Waals surface area contributed by atoms with Gasteiger partial charge in [-0.1, -0.05) is 96.3 Å². The smallest absolute Gasteiger partial charge is 0.0319 e. The number of hydrogen-bond donors (Lipinski definition) is 1. The van der Waals surface area contributed by atoms with E-state index in [0.717, 1.165) is 17.6 Å². The molecule has 0 atom stereocenters. The lowest BCUT2D eigenvalue weighted by Crippen LogP contribution is -1.81. The number of thioether (sulfide) groups is 1. The van der Waals surface area contributed by atoms with Crippen LogP contribution in [0.1, 0.15) is 69.2 Å². The first-order valence-corrected chi connectivity index (χ1v) is 9.26. The van der Waals surface area contributed by atoms with E-state index in [4.69, 9.17) is 5.11 Å². The van der Waals surface area contributed by atoms with Gasteiger partial charge in [0.15, 0.2) is 0 Å². The topological polar surface area (TPSA) is 20.2 Å². The zero-order valence-electron chi connectivity index (χ0n) is 17.6. The Hall–Kier alpha value is -0.990.